The lowest BCUT2D eigenvalue weighted by atomic mass is 10.1. The Morgan fingerprint density at radius 1 is 1.26 bits per heavy atom. The van der Waals surface area contributed by atoms with E-state index < -0.39 is 15.6 Å². The number of rotatable bonds is 6. The van der Waals surface area contributed by atoms with Gasteiger partial charge >= 0.3 is 0 Å². The van der Waals surface area contributed by atoms with Crippen LogP contribution < -0.4 is 4.72 Å². The molecule has 1 N–H and O–H groups in total. The lowest BCUT2D eigenvalue weighted by Gasteiger charge is -2.24. The van der Waals surface area contributed by atoms with Crippen LogP contribution in [0.5, 0.6) is 0 Å². The monoisotopic (exact) mass is 378 g/mol. The molecule has 0 aliphatic rings. The van der Waals surface area contributed by atoms with Crippen molar-refractivity contribution < 1.29 is 18.2 Å². The van der Waals surface area contributed by atoms with Crippen LogP contribution >= 0.6 is 23.2 Å². The molecule has 0 aliphatic carbocycles. The molecule has 1 heterocycles. The molecule has 0 unspecified atom stereocenters. The van der Waals surface area contributed by atoms with Gasteiger partial charge in [0.1, 0.15) is 11.8 Å². The van der Waals surface area contributed by atoms with Crippen molar-refractivity contribution in [1.82, 2.24) is 9.71 Å². The van der Waals surface area contributed by atoms with Gasteiger partial charge in [-0.1, -0.05) is 29.3 Å². The van der Waals surface area contributed by atoms with Crippen molar-refractivity contribution in [3.63, 3.8) is 0 Å². The van der Waals surface area contributed by atoms with Gasteiger partial charge in [-0.3, -0.25) is 0 Å². The average Bonchev–Trinajstić information content (AvgIpc) is 2.48. The highest BCUT2D eigenvalue weighted by Crippen LogP contribution is 2.30. The molecular weight excluding hydrogens is 363 g/mol. The number of sulfonamides is 1. The molecule has 0 atom stereocenters. The quantitative estimate of drug-likeness (QED) is 0.474. The van der Waals surface area contributed by atoms with Crippen LogP contribution in [0.4, 0.5) is 0 Å². The maximum atomic E-state index is 12.5. The molecule has 0 amide bonds. The number of halogens is 2. The summed E-state index contributed by atoms with van der Waals surface area (Å²) in [6, 6.07) is 4.49. The van der Waals surface area contributed by atoms with Crippen molar-refractivity contribution in [2.45, 2.75) is 24.3 Å². The Hall–Kier alpha value is -0.960. The van der Waals surface area contributed by atoms with Crippen molar-refractivity contribution in [3.05, 3.63) is 34.6 Å². The van der Waals surface area contributed by atoms with Gasteiger partial charge in [0.05, 0.1) is 22.6 Å². The number of aromatic nitrogens is 1. The Labute approximate surface area is 144 Å². The van der Waals surface area contributed by atoms with E-state index in [0.29, 0.717) is 15.8 Å². The smallest absolute Gasteiger partial charge is 0.241 e. The first-order valence-electron chi connectivity index (χ1n) is 6.60. The first kappa shape index (κ1) is 18.4. The van der Waals surface area contributed by atoms with Gasteiger partial charge in [-0.25, -0.2) is 27.9 Å². The zero-order chi connectivity index (χ0) is 17.3. The molecule has 0 aliphatic heterocycles. The van der Waals surface area contributed by atoms with E-state index in [0.717, 1.165) is 0 Å². The molecule has 0 bridgehead atoms. The van der Waals surface area contributed by atoms with Crippen LogP contribution in [-0.4, -0.2) is 32.7 Å². The maximum absolute atomic E-state index is 12.5. The predicted molar refractivity (Wildman–Crippen MR) is 89.1 cm³/mol. The summed E-state index contributed by atoms with van der Waals surface area (Å²) >= 11 is 12.1. The molecular formula is C14H16Cl2N2O4S. The number of fused-ring (bicyclic) bond motifs is 1. The number of hydrogen-bond donors (Lipinski definition) is 1. The van der Waals surface area contributed by atoms with Crippen LogP contribution in [0.15, 0.2) is 29.3 Å². The minimum absolute atomic E-state index is 0.0461. The molecule has 0 fully saturated rings. The largest absolute Gasteiger partial charge is 0.242 e. The Morgan fingerprint density at radius 2 is 1.96 bits per heavy atom. The number of nitrogens with one attached hydrogen (secondary N) is 1. The van der Waals surface area contributed by atoms with Gasteiger partial charge in [-0.15, -0.1) is 0 Å². The van der Waals surface area contributed by atoms with Crippen molar-refractivity contribution in [2.75, 3.05) is 13.7 Å². The predicted octanol–water partition coefficient (Wildman–Crippen LogP) is 3.18. The van der Waals surface area contributed by atoms with E-state index in [-0.39, 0.29) is 16.7 Å². The summed E-state index contributed by atoms with van der Waals surface area (Å²) in [5, 5.41) is 1.68. The summed E-state index contributed by atoms with van der Waals surface area (Å²) in [5.41, 5.74) is -0.861. The van der Waals surface area contributed by atoms with Gasteiger partial charge in [-0.2, -0.15) is 0 Å². The second-order valence-electron chi connectivity index (χ2n) is 5.52. The van der Waals surface area contributed by atoms with Gasteiger partial charge in [0.15, 0.2) is 0 Å². The third-order valence-corrected chi connectivity index (χ3v) is 5.32. The SMILES string of the molecule is COOCC(C)(C)NS(=O)(=O)c1ccc2c(Cl)cnc(Cl)c2c1. The van der Waals surface area contributed by atoms with Crippen LogP contribution in [-0.2, 0) is 19.8 Å². The lowest BCUT2D eigenvalue weighted by Crippen LogP contribution is -2.46. The summed E-state index contributed by atoms with van der Waals surface area (Å²) < 4.78 is 27.6. The number of pyridine rings is 1. The van der Waals surface area contributed by atoms with E-state index in [9.17, 15) is 8.42 Å². The summed E-state index contributed by atoms with van der Waals surface area (Å²) in [5.74, 6) is 0. The molecule has 126 valence electrons. The molecule has 23 heavy (non-hydrogen) atoms. The number of nitrogens with zero attached hydrogens (tertiary/aromatic N) is 1. The molecule has 6 nitrogen and oxygen atoms in total. The zero-order valence-electron chi connectivity index (χ0n) is 12.8. The Kier molecular flexibility index (Phi) is 5.50. The minimum atomic E-state index is -3.78. The molecule has 1 aromatic carbocycles. The Morgan fingerprint density at radius 3 is 2.61 bits per heavy atom. The second kappa shape index (κ2) is 6.88. The fourth-order valence-electron chi connectivity index (χ4n) is 1.98. The van der Waals surface area contributed by atoms with Crippen LogP contribution in [0.1, 0.15) is 13.8 Å². The lowest BCUT2D eigenvalue weighted by molar-refractivity contribution is -0.280. The molecule has 2 aromatic rings. The number of hydrogen-bond acceptors (Lipinski definition) is 5. The van der Waals surface area contributed by atoms with Crippen molar-refractivity contribution in [3.8, 4) is 0 Å². The molecule has 9 heteroatoms. The summed E-state index contributed by atoms with van der Waals surface area (Å²) in [6.07, 6.45) is 1.42. The van der Waals surface area contributed by atoms with Gasteiger partial charge in [-0.05, 0) is 26.0 Å². The maximum Gasteiger partial charge on any atom is 0.241 e. The molecule has 0 saturated carbocycles. The highest BCUT2D eigenvalue weighted by atomic mass is 35.5. The molecule has 2 rings (SSSR count). The summed E-state index contributed by atoms with van der Waals surface area (Å²) in [7, 11) is -2.43. The first-order chi connectivity index (χ1) is 10.7. The third kappa shape index (κ3) is 4.32. The van der Waals surface area contributed by atoms with Gasteiger partial charge in [0.25, 0.3) is 0 Å². The Bertz CT molecular complexity index is 825. The van der Waals surface area contributed by atoms with E-state index in [2.05, 4.69) is 14.6 Å². The summed E-state index contributed by atoms with van der Waals surface area (Å²) in [6.45, 7) is 3.40. The minimum Gasteiger partial charge on any atom is -0.242 e. The number of benzene rings is 1. The normalized spacial score (nSPS) is 12.7. The van der Waals surface area contributed by atoms with Gasteiger partial charge in [0, 0.05) is 17.0 Å². The van der Waals surface area contributed by atoms with Crippen molar-refractivity contribution in [2.24, 2.45) is 0 Å². The van der Waals surface area contributed by atoms with Crippen LogP contribution in [0.25, 0.3) is 10.8 Å². The van der Waals surface area contributed by atoms with Crippen molar-refractivity contribution >= 4 is 44.0 Å². The van der Waals surface area contributed by atoms with Gasteiger partial charge < -0.3 is 0 Å². The molecule has 0 spiro atoms. The zero-order valence-corrected chi connectivity index (χ0v) is 15.1. The van der Waals surface area contributed by atoms with E-state index >= 15 is 0 Å². The van der Waals surface area contributed by atoms with Crippen LogP contribution in [0, 0.1) is 0 Å². The first-order valence-corrected chi connectivity index (χ1v) is 8.83. The van der Waals surface area contributed by atoms with E-state index in [1.165, 1.54) is 25.4 Å². The third-order valence-electron chi connectivity index (χ3n) is 3.02. The van der Waals surface area contributed by atoms with E-state index in [1.807, 2.05) is 0 Å². The molecule has 0 radical (unpaired) electrons. The van der Waals surface area contributed by atoms with Crippen LogP contribution in [0.2, 0.25) is 10.2 Å². The van der Waals surface area contributed by atoms with E-state index in [1.54, 1.807) is 19.9 Å². The van der Waals surface area contributed by atoms with Gasteiger partial charge in [0.2, 0.25) is 10.0 Å². The fourth-order valence-corrected chi connectivity index (χ4v) is 3.82. The topological polar surface area (TPSA) is 77.5 Å². The highest BCUT2D eigenvalue weighted by molar-refractivity contribution is 7.89. The van der Waals surface area contributed by atoms with Crippen molar-refractivity contribution in [1.29, 1.82) is 0 Å². The summed E-state index contributed by atoms with van der Waals surface area (Å²) in [4.78, 5) is 13.3. The highest BCUT2D eigenvalue weighted by Gasteiger charge is 2.27. The van der Waals surface area contributed by atoms with Crippen LogP contribution in [0.3, 0.4) is 0 Å². The standard InChI is InChI=1S/C14H16Cl2N2O4S/c1-14(2,8-22-21-3)18-23(19,20)9-4-5-10-11(6-9)13(16)17-7-12(10)15/h4-7,18H,8H2,1-3H3. The average molecular weight is 379 g/mol. The van der Waals surface area contributed by atoms with E-state index in [4.69, 9.17) is 28.1 Å². The second-order valence-corrected chi connectivity index (χ2v) is 7.97. The fraction of sp³-hybridized carbons (Fsp3) is 0.357. The molecule has 0 saturated heterocycles. The Balaban J connectivity index is 2.41. The molecule has 1 aromatic heterocycles.